The number of carbonyl (C=O) groups is 1. The van der Waals surface area contributed by atoms with Crippen LogP contribution in [-0.2, 0) is 0 Å². The first-order valence-electron chi connectivity index (χ1n) is 8.53. The van der Waals surface area contributed by atoms with Gasteiger partial charge in [0.25, 0.3) is 5.91 Å². The quantitative estimate of drug-likeness (QED) is 0.542. The number of aromatic nitrogens is 2. The largest absolute Gasteiger partial charge is 1.00 e. The highest BCUT2D eigenvalue weighted by Gasteiger charge is 2.23. The van der Waals surface area contributed by atoms with Crippen molar-refractivity contribution in [2.24, 2.45) is 0 Å². The van der Waals surface area contributed by atoms with Crippen LogP contribution in [0, 0.1) is 19.7 Å². The van der Waals surface area contributed by atoms with Crippen molar-refractivity contribution in [3.63, 3.8) is 0 Å². The Morgan fingerprint density at radius 1 is 1.14 bits per heavy atom. The Hall–Kier alpha value is -2.96. The molecule has 2 aromatic carbocycles. The smallest absolute Gasteiger partial charge is 0.259 e. The van der Waals surface area contributed by atoms with Crippen molar-refractivity contribution >= 4 is 34.2 Å². The Morgan fingerprint density at radius 3 is 2.59 bits per heavy atom. The average Bonchev–Trinajstić information content (AvgIpc) is 3.06. The molecule has 29 heavy (non-hydrogen) atoms. The fraction of sp³-hybridized carbons (Fsp3) is 0.0952. The van der Waals surface area contributed by atoms with E-state index in [1.807, 2.05) is 0 Å². The minimum Gasteiger partial charge on any atom is -1.00 e. The van der Waals surface area contributed by atoms with E-state index < -0.39 is 11.7 Å². The first kappa shape index (κ1) is 20.8. The topological polar surface area (TPSA) is 68.0 Å². The lowest BCUT2D eigenvalue weighted by Crippen LogP contribution is -3.00. The van der Waals surface area contributed by atoms with Gasteiger partial charge in [-0.1, -0.05) is 35.0 Å². The molecule has 2 heterocycles. The summed E-state index contributed by atoms with van der Waals surface area (Å²) in [5.41, 5.74) is 2.06. The zero-order valence-corrected chi connectivity index (χ0v) is 17.0. The lowest BCUT2D eigenvalue weighted by molar-refractivity contribution is -0.0000145. The molecule has 0 spiro atoms. The molecule has 0 bridgehead atoms. The monoisotopic (exact) mass is 430 g/mol. The van der Waals surface area contributed by atoms with E-state index in [4.69, 9.17) is 16.1 Å². The number of nitrogens with one attached hydrogen (secondary N) is 1. The zero-order chi connectivity index (χ0) is 19.8. The highest BCUT2D eigenvalue weighted by molar-refractivity contribution is 6.31. The fourth-order valence-electron chi connectivity index (χ4n) is 3.18. The molecule has 8 heteroatoms. The summed E-state index contributed by atoms with van der Waals surface area (Å²) >= 11 is 6.18. The van der Waals surface area contributed by atoms with Crippen LogP contribution in [-0.4, -0.2) is 16.0 Å². The predicted octanol–water partition coefficient (Wildman–Crippen LogP) is 2.56. The van der Waals surface area contributed by atoms with Gasteiger partial charge >= 0.3 is 0 Å². The number of nitrogens with zero attached hydrogens (tertiary/aromatic N) is 2. The number of fused-ring (bicyclic) bond motifs is 1. The van der Waals surface area contributed by atoms with Crippen molar-refractivity contribution in [3.8, 4) is 11.1 Å². The molecule has 4 aromatic rings. The number of amides is 1. The van der Waals surface area contributed by atoms with Crippen LogP contribution < -0.4 is 17.7 Å². The minimum absolute atomic E-state index is 0. The lowest BCUT2D eigenvalue weighted by atomic mass is 9.93. The number of halogens is 3. The maximum atomic E-state index is 14.7. The van der Waals surface area contributed by atoms with Crippen LogP contribution in [0.4, 0.5) is 10.2 Å². The molecule has 4 rings (SSSR count). The van der Waals surface area contributed by atoms with Crippen LogP contribution in [0.15, 0.2) is 53.1 Å². The van der Waals surface area contributed by atoms with Crippen LogP contribution in [0.5, 0.6) is 0 Å². The summed E-state index contributed by atoms with van der Waals surface area (Å²) in [5, 5.41) is 7.53. The zero-order valence-electron chi connectivity index (χ0n) is 15.5. The van der Waals surface area contributed by atoms with Crippen LogP contribution in [0.2, 0.25) is 5.02 Å². The van der Waals surface area contributed by atoms with Crippen LogP contribution in [0.3, 0.4) is 0 Å². The summed E-state index contributed by atoms with van der Waals surface area (Å²) in [4.78, 5) is 17.6. The van der Waals surface area contributed by atoms with E-state index in [1.54, 1.807) is 56.3 Å². The molecule has 0 radical (unpaired) electrons. The van der Waals surface area contributed by atoms with Gasteiger partial charge in [0.15, 0.2) is 5.82 Å². The van der Waals surface area contributed by atoms with Gasteiger partial charge in [0, 0.05) is 27.6 Å². The maximum absolute atomic E-state index is 14.7. The molecule has 0 unspecified atom stereocenters. The molecular weight excluding hydrogens is 416 g/mol. The SMILES string of the molecule is Cc1cc(NC(=O)c2c(C)nc3ccc(Cl)cc3c2-c2ccccc2F)no1.[Cl-]. The Morgan fingerprint density at radius 2 is 1.90 bits per heavy atom. The van der Waals surface area contributed by atoms with Crippen molar-refractivity contribution in [2.75, 3.05) is 5.32 Å². The summed E-state index contributed by atoms with van der Waals surface area (Å²) < 4.78 is 19.7. The van der Waals surface area contributed by atoms with E-state index in [2.05, 4.69) is 15.5 Å². The summed E-state index contributed by atoms with van der Waals surface area (Å²) in [5.74, 6) is -0.0727. The second-order valence-corrected chi connectivity index (χ2v) is 6.80. The van der Waals surface area contributed by atoms with E-state index >= 15 is 0 Å². The summed E-state index contributed by atoms with van der Waals surface area (Å²) in [6.45, 7) is 3.43. The van der Waals surface area contributed by atoms with E-state index in [1.165, 1.54) is 6.07 Å². The molecule has 0 aliphatic rings. The average molecular weight is 431 g/mol. The summed E-state index contributed by atoms with van der Waals surface area (Å²) in [6.07, 6.45) is 0. The third-order valence-electron chi connectivity index (χ3n) is 4.37. The third kappa shape index (κ3) is 3.95. The van der Waals surface area contributed by atoms with E-state index in [-0.39, 0.29) is 23.8 Å². The van der Waals surface area contributed by atoms with Gasteiger partial charge < -0.3 is 22.2 Å². The molecule has 1 N–H and O–H groups in total. The standard InChI is InChI=1S/C21H15ClFN3O2.ClH/c1-11-9-18(26-28-11)25-21(27)19-12(2)24-17-8-7-13(22)10-15(17)20(19)14-5-3-4-6-16(14)23;/h3-10H,1-2H3,(H,25,26,27);1H/p-1. The fourth-order valence-corrected chi connectivity index (χ4v) is 3.36. The highest BCUT2D eigenvalue weighted by Crippen LogP contribution is 2.36. The van der Waals surface area contributed by atoms with E-state index in [0.717, 1.165) is 0 Å². The molecule has 0 saturated heterocycles. The Balaban J connectivity index is 0.00000240. The molecule has 0 atom stereocenters. The van der Waals surface area contributed by atoms with Crippen molar-refractivity contribution in [1.82, 2.24) is 10.1 Å². The maximum Gasteiger partial charge on any atom is 0.259 e. The molecule has 2 aromatic heterocycles. The molecule has 0 saturated carbocycles. The molecule has 5 nitrogen and oxygen atoms in total. The third-order valence-corrected chi connectivity index (χ3v) is 4.60. The molecular formula is C21H15Cl2FN3O2-. The van der Waals surface area contributed by atoms with E-state index in [9.17, 15) is 9.18 Å². The Kier molecular flexibility index (Phi) is 5.86. The molecule has 0 aliphatic carbocycles. The van der Waals surface area contributed by atoms with Gasteiger partial charge in [-0.25, -0.2) is 4.39 Å². The number of hydrogen-bond donors (Lipinski definition) is 1. The Bertz CT molecular complexity index is 1220. The van der Waals surface area contributed by atoms with Gasteiger partial charge in [-0.15, -0.1) is 0 Å². The van der Waals surface area contributed by atoms with Crippen molar-refractivity contribution in [1.29, 1.82) is 0 Å². The predicted molar refractivity (Wildman–Crippen MR) is 106 cm³/mol. The van der Waals surface area contributed by atoms with Gasteiger partial charge in [0.1, 0.15) is 11.6 Å². The minimum atomic E-state index is -0.460. The first-order valence-corrected chi connectivity index (χ1v) is 8.91. The van der Waals surface area contributed by atoms with Crippen LogP contribution in [0.1, 0.15) is 21.8 Å². The van der Waals surface area contributed by atoms with Crippen LogP contribution >= 0.6 is 11.6 Å². The van der Waals surface area contributed by atoms with Crippen molar-refractivity contribution in [2.45, 2.75) is 13.8 Å². The molecule has 0 fully saturated rings. The van der Waals surface area contributed by atoms with Crippen LogP contribution in [0.25, 0.3) is 22.0 Å². The molecule has 1 amide bonds. The molecule has 148 valence electrons. The van der Waals surface area contributed by atoms with E-state index in [0.29, 0.717) is 38.5 Å². The highest BCUT2D eigenvalue weighted by atomic mass is 35.5. The van der Waals surface area contributed by atoms with Gasteiger partial charge in [-0.2, -0.15) is 0 Å². The van der Waals surface area contributed by atoms with Gasteiger partial charge in [0.2, 0.25) is 0 Å². The normalized spacial score (nSPS) is 10.6. The number of aryl methyl sites for hydroxylation is 2. The second-order valence-electron chi connectivity index (χ2n) is 6.37. The van der Waals surface area contributed by atoms with Crippen molar-refractivity contribution in [3.05, 3.63) is 76.4 Å². The van der Waals surface area contributed by atoms with Crippen molar-refractivity contribution < 1.29 is 26.1 Å². The Labute approximate surface area is 177 Å². The van der Waals surface area contributed by atoms with Gasteiger partial charge in [0.05, 0.1) is 16.8 Å². The van der Waals surface area contributed by atoms with Gasteiger partial charge in [-0.3, -0.25) is 9.78 Å². The number of pyridine rings is 1. The second kappa shape index (κ2) is 8.19. The lowest BCUT2D eigenvalue weighted by Gasteiger charge is -2.16. The first-order chi connectivity index (χ1) is 13.4. The number of hydrogen-bond acceptors (Lipinski definition) is 4. The number of anilines is 1. The van der Waals surface area contributed by atoms with Gasteiger partial charge in [-0.05, 0) is 38.1 Å². The number of carbonyl (C=O) groups excluding carboxylic acids is 1. The summed E-state index contributed by atoms with van der Waals surface area (Å²) in [7, 11) is 0. The number of rotatable bonds is 3. The molecule has 0 aliphatic heterocycles. The number of benzene rings is 2. The summed E-state index contributed by atoms with van der Waals surface area (Å²) in [6, 6.07) is 13.0.